The van der Waals surface area contributed by atoms with Crippen molar-refractivity contribution < 1.29 is 20.4 Å². The Kier molecular flexibility index (Phi) is 9.15. The Labute approximate surface area is 121 Å². The van der Waals surface area contributed by atoms with Crippen LogP contribution in [0.3, 0.4) is 0 Å². The molecule has 116 valence electrons. The number of rotatable bonds is 7. The summed E-state index contributed by atoms with van der Waals surface area (Å²) in [5.41, 5.74) is -0.870. The summed E-state index contributed by atoms with van der Waals surface area (Å²) in [5, 5.41) is 41.7. The van der Waals surface area contributed by atoms with Gasteiger partial charge in [0, 0.05) is 6.54 Å². The minimum atomic E-state index is -1.19. The molecule has 1 saturated heterocycles. The van der Waals surface area contributed by atoms with Gasteiger partial charge in [-0.25, -0.2) is 0 Å². The van der Waals surface area contributed by atoms with Crippen molar-refractivity contribution >= 4 is 12.4 Å². The molecule has 1 aliphatic rings. The van der Waals surface area contributed by atoms with Gasteiger partial charge in [-0.2, -0.15) is 0 Å². The summed E-state index contributed by atoms with van der Waals surface area (Å²) in [6, 6.07) is 0. The normalized spacial score (nSPS) is 34.9. The molecular formula is C13H28ClNO4. The molecule has 0 radical (unpaired) electrons. The molecule has 0 aliphatic carbocycles. The number of halogens is 1. The maximum absolute atomic E-state index is 10.0. The highest BCUT2D eigenvalue weighted by atomic mass is 35.5. The van der Waals surface area contributed by atoms with E-state index in [1.54, 1.807) is 0 Å². The van der Waals surface area contributed by atoms with Crippen LogP contribution in [-0.4, -0.2) is 57.4 Å². The molecule has 0 aromatic carbocycles. The zero-order valence-corrected chi connectivity index (χ0v) is 12.4. The lowest BCUT2D eigenvalue weighted by Gasteiger charge is -2.45. The van der Waals surface area contributed by atoms with Crippen molar-refractivity contribution in [3.05, 3.63) is 0 Å². The maximum atomic E-state index is 10.0. The molecule has 0 unspecified atom stereocenters. The zero-order valence-electron chi connectivity index (χ0n) is 11.6. The predicted octanol–water partition coefficient (Wildman–Crippen LogP) is 0.186. The van der Waals surface area contributed by atoms with Crippen LogP contribution < -0.4 is 5.32 Å². The van der Waals surface area contributed by atoms with Crippen molar-refractivity contribution in [3.8, 4) is 0 Å². The second-order valence-corrected chi connectivity index (χ2v) is 5.36. The zero-order chi connectivity index (χ0) is 13.6. The molecule has 5 nitrogen and oxygen atoms in total. The van der Waals surface area contributed by atoms with E-state index in [0.29, 0.717) is 6.42 Å². The average molecular weight is 298 g/mol. The van der Waals surface area contributed by atoms with Gasteiger partial charge in [-0.1, -0.05) is 39.0 Å². The standard InChI is InChI=1S/C13H27NO4.ClH/c1-2-3-4-5-6-7-13(9-15)12(18)11(17)10(16)8-14-13;/h10-12,14-18H,2-9H2,1H3;1H/t10-,11+,12-,13+;/m0./s1. The second-order valence-electron chi connectivity index (χ2n) is 5.36. The van der Waals surface area contributed by atoms with E-state index in [4.69, 9.17) is 0 Å². The molecule has 1 heterocycles. The first-order valence-corrected chi connectivity index (χ1v) is 6.97. The molecule has 1 rings (SSSR count). The van der Waals surface area contributed by atoms with Crippen molar-refractivity contribution in [3.63, 3.8) is 0 Å². The first kappa shape index (κ1) is 19.1. The van der Waals surface area contributed by atoms with E-state index >= 15 is 0 Å². The van der Waals surface area contributed by atoms with Gasteiger partial charge in [-0.15, -0.1) is 12.4 Å². The summed E-state index contributed by atoms with van der Waals surface area (Å²) in [6.07, 6.45) is 2.81. The van der Waals surface area contributed by atoms with Gasteiger partial charge in [0.15, 0.2) is 0 Å². The molecule has 1 fully saturated rings. The fourth-order valence-corrected chi connectivity index (χ4v) is 2.58. The molecule has 5 N–H and O–H groups in total. The average Bonchev–Trinajstić information content (AvgIpc) is 2.39. The van der Waals surface area contributed by atoms with E-state index in [9.17, 15) is 20.4 Å². The van der Waals surface area contributed by atoms with Gasteiger partial charge in [0.1, 0.15) is 12.2 Å². The Hall–Kier alpha value is 0.0900. The van der Waals surface area contributed by atoms with Crippen LogP contribution in [0.15, 0.2) is 0 Å². The third-order valence-corrected chi connectivity index (χ3v) is 3.96. The number of hydrogen-bond acceptors (Lipinski definition) is 5. The van der Waals surface area contributed by atoms with Gasteiger partial charge in [-0.05, 0) is 6.42 Å². The van der Waals surface area contributed by atoms with E-state index in [1.165, 1.54) is 12.8 Å². The van der Waals surface area contributed by atoms with E-state index in [1.807, 2.05) is 0 Å². The summed E-state index contributed by atoms with van der Waals surface area (Å²) in [6.45, 7) is 2.12. The summed E-state index contributed by atoms with van der Waals surface area (Å²) < 4.78 is 0. The lowest BCUT2D eigenvalue weighted by Crippen LogP contribution is -2.69. The minimum Gasteiger partial charge on any atom is -0.394 e. The Morgan fingerprint density at radius 3 is 2.32 bits per heavy atom. The fraction of sp³-hybridized carbons (Fsp3) is 1.00. The molecule has 0 amide bonds. The fourth-order valence-electron chi connectivity index (χ4n) is 2.58. The first-order chi connectivity index (χ1) is 8.57. The Morgan fingerprint density at radius 2 is 1.74 bits per heavy atom. The summed E-state index contributed by atoms with van der Waals surface area (Å²) in [7, 11) is 0. The number of aliphatic hydroxyl groups excluding tert-OH is 4. The van der Waals surface area contributed by atoms with Crippen LogP contribution in [0.25, 0.3) is 0 Å². The quantitative estimate of drug-likeness (QED) is 0.433. The van der Waals surface area contributed by atoms with Gasteiger partial charge in [0.05, 0.1) is 18.2 Å². The second kappa shape index (κ2) is 9.10. The highest BCUT2D eigenvalue weighted by molar-refractivity contribution is 5.85. The molecular weight excluding hydrogens is 270 g/mol. The van der Waals surface area contributed by atoms with Crippen molar-refractivity contribution in [1.29, 1.82) is 0 Å². The smallest absolute Gasteiger partial charge is 0.109 e. The van der Waals surface area contributed by atoms with Gasteiger partial charge in [0.2, 0.25) is 0 Å². The lowest BCUT2D eigenvalue weighted by atomic mass is 9.79. The Balaban J connectivity index is 0.00000324. The molecule has 6 heteroatoms. The van der Waals surface area contributed by atoms with Crippen LogP contribution in [0.1, 0.15) is 45.4 Å². The third kappa shape index (κ3) is 4.85. The number of aliphatic hydroxyl groups is 4. The first-order valence-electron chi connectivity index (χ1n) is 6.97. The van der Waals surface area contributed by atoms with Crippen LogP contribution >= 0.6 is 12.4 Å². The number of hydrogen-bond donors (Lipinski definition) is 5. The van der Waals surface area contributed by atoms with Crippen LogP contribution in [0.2, 0.25) is 0 Å². The topological polar surface area (TPSA) is 93.0 Å². The molecule has 0 bridgehead atoms. The monoisotopic (exact) mass is 297 g/mol. The molecule has 4 atom stereocenters. The number of piperidine rings is 1. The SMILES string of the molecule is CCCCCCC[C@]1(CO)NC[C@H](O)[C@@H](O)[C@@H]1O.Cl. The molecule has 0 aromatic heterocycles. The van der Waals surface area contributed by atoms with Crippen molar-refractivity contribution in [2.75, 3.05) is 13.2 Å². The van der Waals surface area contributed by atoms with Crippen molar-refractivity contribution in [2.24, 2.45) is 0 Å². The summed E-state index contributed by atoms with van der Waals surface area (Å²) in [5.74, 6) is 0. The molecule has 0 spiro atoms. The van der Waals surface area contributed by atoms with Gasteiger partial charge < -0.3 is 25.7 Å². The van der Waals surface area contributed by atoms with Crippen LogP contribution in [0.5, 0.6) is 0 Å². The van der Waals surface area contributed by atoms with Gasteiger partial charge in [0.25, 0.3) is 0 Å². The summed E-state index contributed by atoms with van der Waals surface area (Å²) in [4.78, 5) is 0. The minimum absolute atomic E-state index is 0. The van der Waals surface area contributed by atoms with E-state index in [2.05, 4.69) is 12.2 Å². The van der Waals surface area contributed by atoms with Crippen LogP contribution in [0.4, 0.5) is 0 Å². The number of β-amino-alcohol motifs (C(OH)–C–C–N with tert-alkyl or cyclic N) is 1. The van der Waals surface area contributed by atoms with E-state index < -0.39 is 23.9 Å². The van der Waals surface area contributed by atoms with Crippen molar-refractivity contribution in [1.82, 2.24) is 5.32 Å². The highest BCUT2D eigenvalue weighted by Gasteiger charge is 2.46. The molecule has 1 aliphatic heterocycles. The Morgan fingerprint density at radius 1 is 1.11 bits per heavy atom. The van der Waals surface area contributed by atoms with E-state index in [-0.39, 0.29) is 25.6 Å². The highest BCUT2D eigenvalue weighted by Crippen LogP contribution is 2.26. The van der Waals surface area contributed by atoms with Crippen LogP contribution in [0, 0.1) is 0 Å². The van der Waals surface area contributed by atoms with Crippen LogP contribution in [-0.2, 0) is 0 Å². The lowest BCUT2D eigenvalue weighted by molar-refractivity contribution is -0.135. The maximum Gasteiger partial charge on any atom is 0.109 e. The van der Waals surface area contributed by atoms with E-state index in [0.717, 1.165) is 19.3 Å². The predicted molar refractivity (Wildman–Crippen MR) is 76.5 cm³/mol. The van der Waals surface area contributed by atoms with Crippen molar-refractivity contribution in [2.45, 2.75) is 69.3 Å². The largest absolute Gasteiger partial charge is 0.394 e. The molecule has 0 saturated carbocycles. The molecule has 19 heavy (non-hydrogen) atoms. The number of unbranched alkanes of at least 4 members (excludes halogenated alkanes) is 4. The third-order valence-electron chi connectivity index (χ3n) is 3.96. The molecule has 0 aromatic rings. The van der Waals surface area contributed by atoms with Gasteiger partial charge in [-0.3, -0.25) is 0 Å². The van der Waals surface area contributed by atoms with Gasteiger partial charge >= 0.3 is 0 Å². The summed E-state index contributed by atoms with van der Waals surface area (Å²) >= 11 is 0. The Bertz CT molecular complexity index is 245. The number of nitrogens with one attached hydrogen (secondary N) is 1.